The molecule has 5 heteroatoms. The van der Waals surface area contributed by atoms with Crippen LogP contribution in [0.25, 0.3) is 0 Å². The van der Waals surface area contributed by atoms with Gasteiger partial charge in [-0.3, -0.25) is 4.79 Å². The smallest absolute Gasteiger partial charge is 0.325 e. The Morgan fingerprint density at radius 3 is 2.50 bits per heavy atom. The highest BCUT2D eigenvalue weighted by Crippen LogP contribution is 2.16. The van der Waals surface area contributed by atoms with E-state index >= 15 is 0 Å². The summed E-state index contributed by atoms with van der Waals surface area (Å²) >= 11 is 0. The van der Waals surface area contributed by atoms with Gasteiger partial charge >= 0.3 is 5.97 Å². The van der Waals surface area contributed by atoms with Crippen molar-refractivity contribution < 1.29 is 13.9 Å². The number of hydrogen-bond acceptors (Lipinski definition) is 4. The van der Waals surface area contributed by atoms with Gasteiger partial charge in [-0.25, -0.2) is 4.39 Å². The summed E-state index contributed by atoms with van der Waals surface area (Å²) in [6.07, 6.45) is 2.31. The summed E-state index contributed by atoms with van der Waals surface area (Å²) in [6.45, 7) is 2.51. The summed E-state index contributed by atoms with van der Waals surface area (Å²) in [5.74, 6) is -0.622. The lowest BCUT2D eigenvalue weighted by molar-refractivity contribution is -0.146. The fraction of sp³-hybridized carbons (Fsp3) is 0.533. The number of carbonyl (C=O) groups excluding carboxylic acids is 1. The molecule has 0 radical (unpaired) electrons. The van der Waals surface area contributed by atoms with E-state index in [4.69, 9.17) is 5.73 Å². The first-order valence-electron chi connectivity index (χ1n) is 6.71. The fourth-order valence-electron chi connectivity index (χ4n) is 2.00. The summed E-state index contributed by atoms with van der Waals surface area (Å²) in [4.78, 5) is 13.5. The van der Waals surface area contributed by atoms with E-state index in [9.17, 15) is 9.18 Å². The maximum atomic E-state index is 12.8. The topological polar surface area (TPSA) is 55.6 Å². The minimum Gasteiger partial charge on any atom is -0.468 e. The van der Waals surface area contributed by atoms with Crippen molar-refractivity contribution in [2.75, 3.05) is 25.6 Å². The molecule has 0 amide bonds. The Morgan fingerprint density at radius 2 is 1.95 bits per heavy atom. The number of nitrogens with zero attached hydrogens (tertiary/aromatic N) is 1. The highest BCUT2D eigenvalue weighted by atomic mass is 19.1. The number of esters is 1. The molecule has 0 bridgehead atoms. The number of halogens is 1. The number of anilines is 1. The van der Waals surface area contributed by atoms with Gasteiger partial charge in [0.05, 0.1) is 7.11 Å². The molecule has 1 rings (SSSR count). The van der Waals surface area contributed by atoms with E-state index in [1.165, 1.54) is 19.2 Å². The second-order valence-electron chi connectivity index (χ2n) is 5.26. The van der Waals surface area contributed by atoms with Crippen LogP contribution >= 0.6 is 0 Å². The Balaban J connectivity index is 2.34. The quantitative estimate of drug-likeness (QED) is 0.616. The van der Waals surface area contributed by atoms with Crippen LogP contribution in [0.2, 0.25) is 0 Å². The van der Waals surface area contributed by atoms with Crippen LogP contribution in [0.15, 0.2) is 24.3 Å². The number of unbranched alkanes of at least 4 members (excludes halogenated alkanes) is 1. The lowest BCUT2D eigenvalue weighted by Gasteiger charge is -2.23. The van der Waals surface area contributed by atoms with Gasteiger partial charge in [-0.1, -0.05) is 0 Å². The third kappa shape index (κ3) is 4.81. The molecule has 0 heterocycles. The predicted molar refractivity (Wildman–Crippen MR) is 78.1 cm³/mol. The zero-order valence-electron chi connectivity index (χ0n) is 12.4. The third-order valence-electron chi connectivity index (χ3n) is 3.36. The first kappa shape index (κ1) is 16.4. The molecular formula is C15H23FN2O2. The van der Waals surface area contributed by atoms with Crippen LogP contribution in [-0.4, -0.2) is 32.2 Å². The number of nitrogens with two attached hydrogens (primary N) is 1. The molecule has 112 valence electrons. The molecule has 0 aliphatic carbocycles. The Bertz CT molecular complexity index is 432. The van der Waals surface area contributed by atoms with Crippen molar-refractivity contribution in [2.45, 2.75) is 31.7 Å². The van der Waals surface area contributed by atoms with Crippen LogP contribution in [0.5, 0.6) is 0 Å². The van der Waals surface area contributed by atoms with Crippen molar-refractivity contribution in [3.8, 4) is 0 Å². The number of rotatable bonds is 7. The molecule has 0 fully saturated rings. The van der Waals surface area contributed by atoms with Crippen molar-refractivity contribution in [3.63, 3.8) is 0 Å². The van der Waals surface area contributed by atoms with E-state index < -0.39 is 5.54 Å². The average Bonchev–Trinajstić information content (AvgIpc) is 2.43. The van der Waals surface area contributed by atoms with E-state index in [1.807, 2.05) is 11.9 Å². The first-order chi connectivity index (χ1) is 9.36. The van der Waals surface area contributed by atoms with Gasteiger partial charge in [-0.2, -0.15) is 0 Å². The molecule has 4 nitrogen and oxygen atoms in total. The summed E-state index contributed by atoms with van der Waals surface area (Å²) in [6, 6.07) is 6.38. The van der Waals surface area contributed by atoms with Gasteiger partial charge < -0.3 is 15.4 Å². The number of hydrogen-bond donors (Lipinski definition) is 1. The van der Waals surface area contributed by atoms with Crippen LogP contribution < -0.4 is 10.6 Å². The Hall–Kier alpha value is -1.62. The Labute approximate surface area is 119 Å². The van der Waals surface area contributed by atoms with Crippen LogP contribution in [0, 0.1) is 5.82 Å². The molecule has 0 aliphatic heterocycles. The fourth-order valence-corrected chi connectivity index (χ4v) is 2.00. The zero-order chi connectivity index (χ0) is 15.2. The van der Waals surface area contributed by atoms with Gasteiger partial charge in [-0.05, 0) is 50.5 Å². The third-order valence-corrected chi connectivity index (χ3v) is 3.36. The van der Waals surface area contributed by atoms with Crippen LogP contribution in [0.1, 0.15) is 26.2 Å². The molecule has 1 atom stereocenters. The lowest BCUT2D eigenvalue weighted by Crippen LogP contribution is -2.45. The lowest BCUT2D eigenvalue weighted by atomic mass is 9.96. The van der Waals surface area contributed by atoms with Gasteiger partial charge in [0.2, 0.25) is 0 Å². The predicted octanol–water partition coefficient (Wildman–Crippen LogP) is 2.32. The summed E-state index contributed by atoms with van der Waals surface area (Å²) in [5.41, 5.74) is 5.93. The summed E-state index contributed by atoms with van der Waals surface area (Å²) < 4.78 is 17.5. The molecular weight excluding hydrogens is 259 g/mol. The van der Waals surface area contributed by atoms with Crippen molar-refractivity contribution in [1.29, 1.82) is 0 Å². The highest BCUT2D eigenvalue weighted by molar-refractivity contribution is 5.79. The zero-order valence-corrected chi connectivity index (χ0v) is 12.4. The summed E-state index contributed by atoms with van der Waals surface area (Å²) in [7, 11) is 3.30. The van der Waals surface area contributed by atoms with Gasteiger partial charge in [0, 0.05) is 19.3 Å². The van der Waals surface area contributed by atoms with E-state index in [-0.39, 0.29) is 11.8 Å². The van der Waals surface area contributed by atoms with Crippen LogP contribution in [0.3, 0.4) is 0 Å². The standard InChI is InChI=1S/C15H23FN2O2/c1-15(17,14(19)20-3)10-4-5-11-18(2)13-8-6-12(16)7-9-13/h6-9H,4-5,10-11,17H2,1-3H3. The number of carbonyl (C=O) groups is 1. The molecule has 0 aromatic heterocycles. The maximum absolute atomic E-state index is 12.8. The second kappa shape index (κ2) is 7.24. The monoisotopic (exact) mass is 282 g/mol. The minimum absolute atomic E-state index is 0.237. The highest BCUT2D eigenvalue weighted by Gasteiger charge is 2.28. The number of methoxy groups -OCH3 is 1. The largest absolute Gasteiger partial charge is 0.468 e. The van der Waals surface area contributed by atoms with E-state index in [2.05, 4.69) is 4.74 Å². The van der Waals surface area contributed by atoms with Gasteiger partial charge in [0.25, 0.3) is 0 Å². The average molecular weight is 282 g/mol. The Morgan fingerprint density at radius 1 is 1.35 bits per heavy atom. The second-order valence-corrected chi connectivity index (χ2v) is 5.26. The van der Waals surface area contributed by atoms with Gasteiger partial charge in [0.15, 0.2) is 0 Å². The molecule has 1 aromatic rings. The minimum atomic E-state index is -0.927. The number of benzene rings is 1. The number of ether oxygens (including phenoxy) is 1. The molecule has 1 unspecified atom stereocenters. The SMILES string of the molecule is COC(=O)C(C)(N)CCCCN(C)c1ccc(F)cc1. The van der Waals surface area contributed by atoms with E-state index in [0.29, 0.717) is 6.42 Å². The van der Waals surface area contributed by atoms with Crippen LogP contribution in [-0.2, 0) is 9.53 Å². The molecule has 0 aliphatic rings. The van der Waals surface area contributed by atoms with Crippen molar-refractivity contribution in [3.05, 3.63) is 30.1 Å². The van der Waals surface area contributed by atoms with Gasteiger partial charge in [0.1, 0.15) is 11.4 Å². The molecule has 2 N–H and O–H groups in total. The molecule has 1 aromatic carbocycles. The van der Waals surface area contributed by atoms with Gasteiger partial charge in [-0.15, -0.1) is 0 Å². The van der Waals surface area contributed by atoms with Crippen molar-refractivity contribution >= 4 is 11.7 Å². The molecule has 0 saturated heterocycles. The normalized spacial score (nSPS) is 13.7. The van der Waals surface area contributed by atoms with Crippen LogP contribution in [0.4, 0.5) is 10.1 Å². The Kier molecular flexibility index (Phi) is 5.95. The maximum Gasteiger partial charge on any atom is 0.325 e. The summed E-state index contributed by atoms with van der Waals surface area (Å²) in [5, 5.41) is 0. The molecule has 0 spiro atoms. The van der Waals surface area contributed by atoms with Crippen molar-refractivity contribution in [1.82, 2.24) is 0 Å². The van der Waals surface area contributed by atoms with Crippen molar-refractivity contribution in [2.24, 2.45) is 5.73 Å². The van der Waals surface area contributed by atoms with E-state index in [0.717, 1.165) is 25.1 Å². The first-order valence-corrected chi connectivity index (χ1v) is 6.71. The molecule has 20 heavy (non-hydrogen) atoms. The van der Waals surface area contributed by atoms with E-state index in [1.54, 1.807) is 19.1 Å². The molecule has 0 saturated carbocycles.